The molecule has 2 heterocycles. The van der Waals surface area contributed by atoms with Gasteiger partial charge in [0.25, 0.3) is 0 Å². The van der Waals surface area contributed by atoms with Crippen LogP contribution in [0, 0.1) is 5.41 Å². The molecule has 94 valence electrons. The first-order chi connectivity index (χ1) is 7.78. The summed E-state index contributed by atoms with van der Waals surface area (Å²) in [5, 5.41) is 9.09. The molecular formula is C11H22N2O3. The summed E-state index contributed by atoms with van der Waals surface area (Å²) in [7, 11) is 0. The van der Waals surface area contributed by atoms with Gasteiger partial charge in [-0.05, 0) is 6.42 Å². The Hall–Kier alpha value is -0.200. The summed E-state index contributed by atoms with van der Waals surface area (Å²) >= 11 is 0. The number of nitrogens with zero attached hydrogens (tertiary/aromatic N) is 1. The van der Waals surface area contributed by atoms with Crippen LogP contribution in [0.1, 0.15) is 6.42 Å². The smallest absolute Gasteiger partial charge is 0.0932 e. The largest absolute Gasteiger partial charge is 0.394 e. The van der Waals surface area contributed by atoms with Gasteiger partial charge >= 0.3 is 0 Å². The standard InChI is InChI=1S/C11H22N2O3/c12-7-11(1-3-15-9-11)8-13-2-4-16-10(5-13)6-14/h10,14H,1-9,12H2. The second-order valence-corrected chi connectivity index (χ2v) is 4.92. The lowest BCUT2D eigenvalue weighted by atomic mass is 9.86. The average Bonchev–Trinajstić information content (AvgIpc) is 2.78. The zero-order chi connectivity index (χ0) is 11.4. The maximum Gasteiger partial charge on any atom is 0.0932 e. The molecule has 2 rings (SSSR count). The van der Waals surface area contributed by atoms with Crippen molar-refractivity contribution in [2.45, 2.75) is 12.5 Å². The SMILES string of the molecule is NCC1(CN2CCOC(CO)C2)CCOC1. The van der Waals surface area contributed by atoms with Crippen molar-refractivity contribution in [1.29, 1.82) is 0 Å². The number of morpholine rings is 1. The van der Waals surface area contributed by atoms with E-state index >= 15 is 0 Å². The summed E-state index contributed by atoms with van der Waals surface area (Å²) in [6.07, 6.45) is 1.01. The number of aliphatic hydroxyl groups excluding tert-OH is 1. The van der Waals surface area contributed by atoms with Gasteiger partial charge in [-0.15, -0.1) is 0 Å². The first-order valence-corrected chi connectivity index (χ1v) is 6.01. The van der Waals surface area contributed by atoms with Gasteiger partial charge in [-0.2, -0.15) is 0 Å². The topological polar surface area (TPSA) is 68.0 Å². The molecule has 2 fully saturated rings. The third-order valence-electron chi connectivity index (χ3n) is 3.60. The van der Waals surface area contributed by atoms with Gasteiger partial charge in [0, 0.05) is 38.2 Å². The van der Waals surface area contributed by atoms with Crippen LogP contribution in [0.25, 0.3) is 0 Å². The van der Waals surface area contributed by atoms with E-state index in [0.717, 1.165) is 39.3 Å². The van der Waals surface area contributed by atoms with Crippen LogP contribution in [-0.2, 0) is 9.47 Å². The second-order valence-electron chi connectivity index (χ2n) is 4.92. The van der Waals surface area contributed by atoms with Gasteiger partial charge in [-0.3, -0.25) is 4.90 Å². The van der Waals surface area contributed by atoms with Crippen LogP contribution in [0.15, 0.2) is 0 Å². The summed E-state index contributed by atoms with van der Waals surface area (Å²) in [6, 6.07) is 0. The Bertz CT molecular complexity index is 219. The lowest BCUT2D eigenvalue weighted by molar-refractivity contribution is -0.0625. The van der Waals surface area contributed by atoms with Crippen LogP contribution in [0.2, 0.25) is 0 Å². The van der Waals surface area contributed by atoms with E-state index in [2.05, 4.69) is 4.90 Å². The molecule has 5 nitrogen and oxygen atoms in total. The summed E-state index contributed by atoms with van der Waals surface area (Å²) < 4.78 is 10.9. The zero-order valence-corrected chi connectivity index (χ0v) is 9.73. The quantitative estimate of drug-likeness (QED) is 0.651. The average molecular weight is 230 g/mol. The van der Waals surface area contributed by atoms with Crippen LogP contribution in [-0.4, -0.2) is 68.7 Å². The molecule has 2 aliphatic rings. The predicted octanol–water partition coefficient (Wildman–Crippen LogP) is -0.955. The number of nitrogens with two attached hydrogens (primary N) is 1. The second kappa shape index (κ2) is 5.42. The van der Waals surface area contributed by atoms with E-state index in [1.54, 1.807) is 0 Å². The Morgan fingerprint density at radius 3 is 2.94 bits per heavy atom. The Labute approximate surface area is 96.5 Å². The van der Waals surface area contributed by atoms with Crippen molar-refractivity contribution >= 4 is 0 Å². The molecule has 0 bridgehead atoms. The lowest BCUT2D eigenvalue weighted by Crippen LogP contribution is -2.50. The highest BCUT2D eigenvalue weighted by atomic mass is 16.5. The highest BCUT2D eigenvalue weighted by Gasteiger charge is 2.36. The molecule has 2 saturated heterocycles. The molecule has 0 radical (unpaired) electrons. The number of ether oxygens (including phenoxy) is 2. The van der Waals surface area contributed by atoms with E-state index in [0.29, 0.717) is 13.2 Å². The summed E-state index contributed by atoms with van der Waals surface area (Å²) in [5.74, 6) is 0. The van der Waals surface area contributed by atoms with Gasteiger partial charge < -0.3 is 20.3 Å². The van der Waals surface area contributed by atoms with Crippen LogP contribution in [0.3, 0.4) is 0 Å². The van der Waals surface area contributed by atoms with Gasteiger partial charge in [0.2, 0.25) is 0 Å². The van der Waals surface area contributed by atoms with E-state index in [9.17, 15) is 0 Å². The molecular weight excluding hydrogens is 208 g/mol. The van der Waals surface area contributed by atoms with Crippen LogP contribution in [0.4, 0.5) is 0 Å². The molecule has 0 saturated carbocycles. The van der Waals surface area contributed by atoms with Gasteiger partial charge in [-0.25, -0.2) is 0 Å². The maximum absolute atomic E-state index is 9.09. The van der Waals surface area contributed by atoms with Crippen molar-refractivity contribution in [2.75, 3.05) is 52.6 Å². The van der Waals surface area contributed by atoms with E-state index in [-0.39, 0.29) is 18.1 Å². The number of aliphatic hydroxyl groups is 1. The predicted molar refractivity (Wildman–Crippen MR) is 60.2 cm³/mol. The van der Waals surface area contributed by atoms with Gasteiger partial charge in [0.15, 0.2) is 0 Å². The molecule has 0 aliphatic carbocycles. The van der Waals surface area contributed by atoms with Crippen molar-refractivity contribution < 1.29 is 14.6 Å². The minimum Gasteiger partial charge on any atom is -0.394 e. The molecule has 2 aliphatic heterocycles. The van der Waals surface area contributed by atoms with Crippen molar-refractivity contribution in [1.82, 2.24) is 4.90 Å². The fraction of sp³-hybridized carbons (Fsp3) is 1.00. The zero-order valence-electron chi connectivity index (χ0n) is 9.73. The molecule has 16 heavy (non-hydrogen) atoms. The molecule has 5 heteroatoms. The molecule has 2 atom stereocenters. The molecule has 0 spiro atoms. The normalized spacial score (nSPS) is 36.8. The highest BCUT2D eigenvalue weighted by Crippen LogP contribution is 2.29. The Kier molecular flexibility index (Phi) is 4.16. The number of rotatable bonds is 4. The van der Waals surface area contributed by atoms with Gasteiger partial charge in [0.05, 0.1) is 25.9 Å². The van der Waals surface area contributed by atoms with Gasteiger partial charge in [0.1, 0.15) is 0 Å². The van der Waals surface area contributed by atoms with Crippen LogP contribution >= 0.6 is 0 Å². The Morgan fingerprint density at radius 1 is 1.44 bits per heavy atom. The molecule has 0 amide bonds. The van der Waals surface area contributed by atoms with Gasteiger partial charge in [-0.1, -0.05) is 0 Å². The highest BCUT2D eigenvalue weighted by molar-refractivity contribution is 4.88. The van der Waals surface area contributed by atoms with Crippen molar-refractivity contribution in [3.63, 3.8) is 0 Å². The summed E-state index contributed by atoms with van der Waals surface area (Å²) in [6.45, 7) is 5.76. The summed E-state index contributed by atoms with van der Waals surface area (Å²) in [5.41, 5.74) is 5.99. The number of hydrogen-bond acceptors (Lipinski definition) is 5. The first-order valence-electron chi connectivity index (χ1n) is 6.01. The van der Waals surface area contributed by atoms with E-state index < -0.39 is 0 Å². The molecule has 2 unspecified atom stereocenters. The van der Waals surface area contributed by atoms with Crippen LogP contribution in [0.5, 0.6) is 0 Å². The fourth-order valence-corrected chi connectivity index (χ4v) is 2.51. The minimum atomic E-state index is -0.0362. The van der Waals surface area contributed by atoms with E-state index in [1.807, 2.05) is 0 Å². The van der Waals surface area contributed by atoms with Crippen molar-refractivity contribution in [3.8, 4) is 0 Å². The molecule has 0 aromatic heterocycles. The minimum absolute atomic E-state index is 0.0362. The van der Waals surface area contributed by atoms with E-state index in [1.165, 1.54) is 0 Å². The Morgan fingerprint density at radius 2 is 2.31 bits per heavy atom. The lowest BCUT2D eigenvalue weighted by Gasteiger charge is -2.37. The van der Waals surface area contributed by atoms with E-state index in [4.69, 9.17) is 20.3 Å². The molecule has 0 aromatic rings. The Balaban J connectivity index is 1.87. The van der Waals surface area contributed by atoms with Crippen molar-refractivity contribution in [2.24, 2.45) is 11.1 Å². The maximum atomic E-state index is 9.09. The first kappa shape index (κ1) is 12.3. The summed E-state index contributed by atoms with van der Waals surface area (Å²) in [4.78, 5) is 2.34. The third-order valence-corrected chi connectivity index (χ3v) is 3.60. The van der Waals surface area contributed by atoms with Crippen LogP contribution < -0.4 is 5.73 Å². The third kappa shape index (κ3) is 2.73. The monoisotopic (exact) mass is 230 g/mol. The molecule has 0 aromatic carbocycles. The fourth-order valence-electron chi connectivity index (χ4n) is 2.51. The number of hydrogen-bond donors (Lipinski definition) is 2. The molecule has 3 N–H and O–H groups in total. The van der Waals surface area contributed by atoms with Crippen molar-refractivity contribution in [3.05, 3.63) is 0 Å².